The number of carbonyl (C=O) groups excluding carboxylic acids is 1. The first-order valence-electron chi connectivity index (χ1n) is 4.95. The SMILES string of the molecule is N#Cc1cc(N)ccc1NC(=O)c1csc(I)c1. The molecule has 90 valence electrons. The molecule has 0 radical (unpaired) electrons. The van der Waals surface area contributed by atoms with Crippen molar-refractivity contribution in [2.45, 2.75) is 0 Å². The number of nitrogens with two attached hydrogens (primary N) is 1. The van der Waals surface area contributed by atoms with Crippen molar-refractivity contribution >= 4 is 51.2 Å². The molecule has 1 aromatic carbocycles. The van der Waals surface area contributed by atoms with E-state index in [4.69, 9.17) is 11.0 Å². The molecule has 0 fully saturated rings. The highest BCUT2D eigenvalue weighted by atomic mass is 127. The molecule has 0 unspecified atom stereocenters. The van der Waals surface area contributed by atoms with Crippen molar-refractivity contribution in [2.75, 3.05) is 11.1 Å². The van der Waals surface area contributed by atoms with E-state index in [1.165, 1.54) is 17.4 Å². The van der Waals surface area contributed by atoms with Crippen molar-refractivity contribution in [3.63, 3.8) is 0 Å². The van der Waals surface area contributed by atoms with E-state index >= 15 is 0 Å². The van der Waals surface area contributed by atoms with E-state index in [1.807, 2.05) is 6.07 Å². The number of thiophene rings is 1. The molecule has 0 aliphatic rings. The number of nitrogens with one attached hydrogen (secondary N) is 1. The Morgan fingerprint density at radius 1 is 1.44 bits per heavy atom. The van der Waals surface area contributed by atoms with Crippen LogP contribution in [0.1, 0.15) is 15.9 Å². The van der Waals surface area contributed by atoms with Gasteiger partial charge in [0.1, 0.15) is 6.07 Å². The summed E-state index contributed by atoms with van der Waals surface area (Å²) >= 11 is 3.65. The molecule has 0 aliphatic heterocycles. The highest BCUT2D eigenvalue weighted by Crippen LogP contribution is 2.21. The van der Waals surface area contributed by atoms with Crippen LogP contribution in [0.5, 0.6) is 0 Å². The predicted molar refractivity (Wildman–Crippen MR) is 80.6 cm³/mol. The van der Waals surface area contributed by atoms with Gasteiger partial charge >= 0.3 is 0 Å². The minimum absolute atomic E-state index is 0.226. The van der Waals surface area contributed by atoms with Gasteiger partial charge in [0, 0.05) is 11.1 Å². The van der Waals surface area contributed by atoms with Crippen molar-refractivity contribution in [3.8, 4) is 6.07 Å². The van der Waals surface area contributed by atoms with E-state index in [0.29, 0.717) is 22.5 Å². The quantitative estimate of drug-likeness (QED) is 0.631. The molecule has 1 heterocycles. The average molecular weight is 369 g/mol. The van der Waals surface area contributed by atoms with E-state index in [1.54, 1.807) is 23.6 Å². The molecule has 18 heavy (non-hydrogen) atoms. The maximum Gasteiger partial charge on any atom is 0.256 e. The zero-order valence-corrected chi connectivity index (χ0v) is 12.1. The van der Waals surface area contributed by atoms with Gasteiger partial charge in [0.25, 0.3) is 5.91 Å². The third-order valence-corrected chi connectivity index (χ3v) is 4.03. The van der Waals surface area contributed by atoms with Gasteiger partial charge in [0.15, 0.2) is 0 Å². The van der Waals surface area contributed by atoms with E-state index in [-0.39, 0.29) is 5.91 Å². The maximum absolute atomic E-state index is 11.9. The third kappa shape index (κ3) is 2.80. The number of hydrogen-bond donors (Lipinski definition) is 2. The summed E-state index contributed by atoms with van der Waals surface area (Å²) in [6.07, 6.45) is 0. The number of halogens is 1. The van der Waals surface area contributed by atoms with Crippen LogP contribution >= 0.6 is 33.9 Å². The van der Waals surface area contributed by atoms with Crippen LogP contribution in [0, 0.1) is 14.2 Å². The van der Waals surface area contributed by atoms with Gasteiger partial charge in [-0.3, -0.25) is 4.79 Å². The minimum Gasteiger partial charge on any atom is -0.399 e. The number of benzene rings is 1. The summed E-state index contributed by atoms with van der Waals surface area (Å²) in [6, 6.07) is 8.61. The first-order chi connectivity index (χ1) is 8.60. The minimum atomic E-state index is -0.226. The fourth-order valence-electron chi connectivity index (χ4n) is 1.39. The van der Waals surface area contributed by atoms with Gasteiger partial charge in [-0.25, -0.2) is 0 Å². The summed E-state index contributed by atoms with van der Waals surface area (Å²) in [4.78, 5) is 11.9. The number of hydrogen-bond acceptors (Lipinski definition) is 4. The second kappa shape index (κ2) is 5.37. The lowest BCUT2D eigenvalue weighted by molar-refractivity contribution is 0.102. The molecular formula is C12H8IN3OS. The smallest absolute Gasteiger partial charge is 0.256 e. The molecule has 4 nitrogen and oxygen atoms in total. The molecule has 2 aromatic rings. The van der Waals surface area contributed by atoms with Crippen molar-refractivity contribution in [3.05, 3.63) is 43.7 Å². The fraction of sp³-hybridized carbons (Fsp3) is 0. The molecule has 0 aliphatic carbocycles. The molecule has 3 N–H and O–H groups in total. The Balaban J connectivity index is 2.25. The Labute approximate surface area is 122 Å². The molecule has 6 heteroatoms. The molecule has 0 saturated carbocycles. The van der Waals surface area contributed by atoms with Crippen LogP contribution in [0.2, 0.25) is 0 Å². The second-order valence-electron chi connectivity index (χ2n) is 3.51. The number of nitrogen functional groups attached to an aromatic ring is 1. The molecule has 0 bridgehead atoms. The van der Waals surface area contributed by atoms with Gasteiger partial charge in [-0.15, -0.1) is 11.3 Å². The van der Waals surface area contributed by atoms with E-state index in [2.05, 4.69) is 27.9 Å². The summed E-state index contributed by atoms with van der Waals surface area (Å²) in [5, 5.41) is 13.5. The van der Waals surface area contributed by atoms with Crippen LogP contribution in [0.15, 0.2) is 29.6 Å². The Morgan fingerprint density at radius 2 is 2.22 bits per heavy atom. The average Bonchev–Trinajstić information content (AvgIpc) is 2.78. The Bertz CT molecular complexity index is 645. The summed E-state index contributed by atoms with van der Waals surface area (Å²) < 4.78 is 1.04. The molecule has 0 saturated heterocycles. The second-order valence-corrected chi connectivity index (χ2v) is 6.32. The number of amides is 1. The number of nitrogens with zero attached hydrogens (tertiary/aromatic N) is 1. The van der Waals surface area contributed by atoms with Gasteiger partial charge < -0.3 is 11.1 Å². The number of carbonyl (C=O) groups is 1. The molecule has 0 spiro atoms. The lowest BCUT2D eigenvalue weighted by atomic mass is 10.1. The van der Waals surface area contributed by atoms with E-state index < -0.39 is 0 Å². The molecule has 0 atom stereocenters. The van der Waals surface area contributed by atoms with Crippen LogP contribution in [-0.4, -0.2) is 5.91 Å². The molecule has 2 rings (SSSR count). The standard InChI is InChI=1S/C12H8IN3OS/c13-11-4-8(6-18-11)12(17)16-10-2-1-9(15)3-7(10)5-14/h1-4,6H,15H2,(H,16,17). The van der Waals surface area contributed by atoms with Crippen LogP contribution < -0.4 is 11.1 Å². The molecular weight excluding hydrogens is 361 g/mol. The first kappa shape index (κ1) is 12.9. The van der Waals surface area contributed by atoms with Gasteiger partial charge in [0.2, 0.25) is 0 Å². The largest absolute Gasteiger partial charge is 0.399 e. The monoisotopic (exact) mass is 369 g/mol. The molecule has 1 amide bonds. The summed E-state index contributed by atoms with van der Waals surface area (Å²) in [7, 11) is 0. The maximum atomic E-state index is 11.9. The fourth-order valence-corrected chi connectivity index (χ4v) is 2.71. The highest BCUT2D eigenvalue weighted by molar-refractivity contribution is 14.1. The summed E-state index contributed by atoms with van der Waals surface area (Å²) in [5.41, 5.74) is 7.49. The van der Waals surface area contributed by atoms with Crippen molar-refractivity contribution in [1.82, 2.24) is 0 Å². The Kier molecular flexibility index (Phi) is 3.84. The van der Waals surface area contributed by atoms with Gasteiger partial charge in [0.05, 0.1) is 19.7 Å². The van der Waals surface area contributed by atoms with E-state index in [9.17, 15) is 4.79 Å². The number of anilines is 2. The van der Waals surface area contributed by atoms with Crippen LogP contribution in [0.3, 0.4) is 0 Å². The zero-order valence-electron chi connectivity index (χ0n) is 9.11. The van der Waals surface area contributed by atoms with Crippen molar-refractivity contribution < 1.29 is 4.79 Å². The van der Waals surface area contributed by atoms with E-state index in [0.717, 1.165) is 2.88 Å². The molecule has 1 aromatic heterocycles. The third-order valence-electron chi connectivity index (χ3n) is 2.24. The lowest BCUT2D eigenvalue weighted by Crippen LogP contribution is -2.12. The van der Waals surface area contributed by atoms with Crippen LogP contribution in [0.25, 0.3) is 0 Å². The van der Waals surface area contributed by atoms with Crippen molar-refractivity contribution in [2.24, 2.45) is 0 Å². The van der Waals surface area contributed by atoms with Crippen molar-refractivity contribution in [1.29, 1.82) is 5.26 Å². The van der Waals surface area contributed by atoms with Gasteiger partial charge in [-0.1, -0.05) is 0 Å². The lowest BCUT2D eigenvalue weighted by Gasteiger charge is -2.06. The van der Waals surface area contributed by atoms with Gasteiger partial charge in [-0.2, -0.15) is 5.26 Å². The number of nitriles is 1. The Morgan fingerprint density at radius 3 is 2.83 bits per heavy atom. The number of rotatable bonds is 2. The predicted octanol–water partition coefficient (Wildman–Crippen LogP) is 3.06. The first-order valence-corrected chi connectivity index (χ1v) is 6.91. The van der Waals surface area contributed by atoms with Gasteiger partial charge in [-0.05, 0) is 46.9 Å². The Hall–Kier alpha value is -1.59. The highest BCUT2D eigenvalue weighted by Gasteiger charge is 2.10. The zero-order chi connectivity index (χ0) is 13.1. The normalized spacial score (nSPS) is 9.78. The van der Waals surface area contributed by atoms with Crippen LogP contribution in [-0.2, 0) is 0 Å². The van der Waals surface area contributed by atoms with Crippen LogP contribution in [0.4, 0.5) is 11.4 Å². The summed E-state index contributed by atoms with van der Waals surface area (Å²) in [5.74, 6) is -0.226. The summed E-state index contributed by atoms with van der Waals surface area (Å²) in [6.45, 7) is 0. The topological polar surface area (TPSA) is 78.9 Å².